The first-order chi connectivity index (χ1) is 10.5. The van der Waals surface area contributed by atoms with Crippen molar-refractivity contribution in [2.24, 2.45) is 0 Å². The smallest absolute Gasteiger partial charge is 0.241 e. The second-order valence-electron chi connectivity index (χ2n) is 5.25. The molecule has 0 atom stereocenters. The summed E-state index contributed by atoms with van der Waals surface area (Å²) in [7, 11) is -3.57. The van der Waals surface area contributed by atoms with E-state index >= 15 is 0 Å². The van der Waals surface area contributed by atoms with Crippen LogP contribution in [0.15, 0.2) is 65.7 Å². The van der Waals surface area contributed by atoms with Gasteiger partial charge in [-0.15, -0.1) is 0 Å². The molecule has 2 aromatic carbocycles. The van der Waals surface area contributed by atoms with Gasteiger partial charge in [-0.1, -0.05) is 35.9 Å². The van der Waals surface area contributed by atoms with Gasteiger partial charge in [-0.3, -0.25) is 0 Å². The van der Waals surface area contributed by atoms with Gasteiger partial charge in [-0.2, -0.15) is 0 Å². The van der Waals surface area contributed by atoms with Crippen molar-refractivity contribution in [3.63, 3.8) is 0 Å². The molecule has 0 fully saturated rings. The molecule has 3 aromatic rings. The Balaban J connectivity index is 2.15. The average Bonchev–Trinajstić information content (AvgIpc) is 2.92. The topological polar surface area (TPSA) is 39.1 Å². The zero-order valence-corrected chi connectivity index (χ0v) is 13.3. The molecule has 1 aromatic heterocycles. The van der Waals surface area contributed by atoms with E-state index in [1.54, 1.807) is 18.3 Å². The third-order valence-corrected chi connectivity index (χ3v) is 5.32. The van der Waals surface area contributed by atoms with Gasteiger partial charge >= 0.3 is 0 Å². The summed E-state index contributed by atoms with van der Waals surface area (Å²) in [5.41, 5.74) is 2.78. The van der Waals surface area contributed by atoms with E-state index in [1.807, 2.05) is 62.4 Å². The number of hydrogen-bond donors (Lipinski definition) is 0. The average molecular weight is 311 g/mol. The second-order valence-corrected chi connectivity index (χ2v) is 7.06. The van der Waals surface area contributed by atoms with Crippen LogP contribution in [0.5, 0.6) is 0 Å². The third kappa shape index (κ3) is 2.46. The van der Waals surface area contributed by atoms with Crippen LogP contribution in [0.3, 0.4) is 0 Å². The van der Waals surface area contributed by atoms with E-state index in [0.717, 1.165) is 16.5 Å². The molecule has 3 rings (SSSR count). The normalized spacial score (nSPS) is 12.3. The van der Waals surface area contributed by atoms with Crippen molar-refractivity contribution in [1.82, 2.24) is 3.97 Å². The van der Waals surface area contributed by atoms with Crippen LogP contribution in [-0.2, 0) is 10.0 Å². The van der Waals surface area contributed by atoms with Gasteiger partial charge in [0.2, 0.25) is 0 Å². The molecule has 0 saturated carbocycles. The zero-order chi connectivity index (χ0) is 15.7. The standard InChI is InChI=1S/C18H17NO2S/c1-3-4-15-7-10-18-16(13-15)11-12-19(18)22(20,21)17-8-5-14(2)6-9-17/h3-13H,1-2H3/b4-3+. The van der Waals surface area contributed by atoms with Crippen molar-refractivity contribution in [3.05, 3.63) is 71.9 Å². The van der Waals surface area contributed by atoms with E-state index in [9.17, 15) is 8.42 Å². The van der Waals surface area contributed by atoms with Crippen molar-refractivity contribution < 1.29 is 8.42 Å². The minimum Gasteiger partial charge on any atom is -0.241 e. The highest BCUT2D eigenvalue weighted by Crippen LogP contribution is 2.23. The summed E-state index contributed by atoms with van der Waals surface area (Å²) in [6.45, 7) is 3.89. The predicted molar refractivity (Wildman–Crippen MR) is 90.4 cm³/mol. The highest BCUT2D eigenvalue weighted by Gasteiger charge is 2.18. The highest BCUT2D eigenvalue weighted by molar-refractivity contribution is 7.90. The fourth-order valence-electron chi connectivity index (χ4n) is 2.47. The lowest BCUT2D eigenvalue weighted by Crippen LogP contribution is -2.11. The van der Waals surface area contributed by atoms with E-state index < -0.39 is 10.0 Å². The first-order valence-corrected chi connectivity index (χ1v) is 8.52. The summed E-state index contributed by atoms with van der Waals surface area (Å²) in [6.07, 6.45) is 5.56. The lowest BCUT2D eigenvalue weighted by Gasteiger charge is -2.08. The number of aryl methyl sites for hydroxylation is 1. The van der Waals surface area contributed by atoms with Gasteiger partial charge in [0.15, 0.2) is 0 Å². The van der Waals surface area contributed by atoms with Gasteiger partial charge in [-0.05, 0) is 49.7 Å². The first kappa shape index (κ1) is 14.6. The van der Waals surface area contributed by atoms with Crippen LogP contribution < -0.4 is 0 Å². The number of rotatable bonds is 3. The number of aromatic nitrogens is 1. The van der Waals surface area contributed by atoms with Crippen LogP contribution in [0.2, 0.25) is 0 Å². The summed E-state index contributed by atoms with van der Waals surface area (Å²) in [4.78, 5) is 0.299. The fraction of sp³-hybridized carbons (Fsp3) is 0.111. The molecule has 1 heterocycles. The molecule has 3 nitrogen and oxygen atoms in total. The number of benzene rings is 2. The second kappa shape index (κ2) is 5.46. The molecule has 0 aliphatic heterocycles. The fourth-order valence-corrected chi connectivity index (χ4v) is 3.82. The van der Waals surface area contributed by atoms with E-state index in [-0.39, 0.29) is 0 Å². The summed E-state index contributed by atoms with van der Waals surface area (Å²) < 4.78 is 26.9. The molecule has 0 aliphatic carbocycles. The number of hydrogen-bond acceptors (Lipinski definition) is 2. The Labute approximate surface area is 130 Å². The van der Waals surface area contributed by atoms with E-state index in [4.69, 9.17) is 0 Å². The van der Waals surface area contributed by atoms with Gasteiger partial charge in [0.25, 0.3) is 10.0 Å². The van der Waals surface area contributed by atoms with Gasteiger partial charge in [0.05, 0.1) is 10.4 Å². The SMILES string of the molecule is C/C=C/c1ccc2c(ccn2S(=O)(=O)c2ccc(C)cc2)c1. The Hall–Kier alpha value is -2.33. The molecule has 4 heteroatoms. The van der Waals surface area contributed by atoms with Crippen molar-refractivity contribution in [3.8, 4) is 0 Å². The molecule has 0 aliphatic rings. The minimum atomic E-state index is -3.57. The monoisotopic (exact) mass is 311 g/mol. The summed E-state index contributed by atoms with van der Waals surface area (Å²) >= 11 is 0. The van der Waals surface area contributed by atoms with Crippen molar-refractivity contribution in [2.75, 3.05) is 0 Å². The Bertz CT molecular complexity index is 948. The van der Waals surface area contributed by atoms with Crippen LogP contribution in [0.25, 0.3) is 17.0 Å². The van der Waals surface area contributed by atoms with Crippen LogP contribution in [0.1, 0.15) is 18.1 Å². The summed E-state index contributed by atoms with van der Waals surface area (Å²) in [5.74, 6) is 0. The lowest BCUT2D eigenvalue weighted by atomic mass is 10.1. The van der Waals surface area contributed by atoms with E-state index in [2.05, 4.69) is 0 Å². The Morgan fingerprint density at radius 2 is 1.73 bits per heavy atom. The Morgan fingerprint density at radius 1 is 1.00 bits per heavy atom. The largest absolute Gasteiger partial charge is 0.268 e. The molecular weight excluding hydrogens is 294 g/mol. The maximum absolute atomic E-state index is 12.8. The molecule has 0 saturated heterocycles. The first-order valence-electron chi connectivity index (χ1n) is 7.08. The zero-order valence-electron chi connectivity index (χ0n) is 12.5. The van der Waals surface area contributed by atoms with E-state index in [0.29, 0.717) is 10.4 Å². The van der Waals surface area contributed by atoms with E-state index in [1.165, 1.54) is 3.97 Å². The predicted octanol–water partition coefficient (Wildman–Crippen LogP) is 4.22. The molecular formula is C18H17NO2S. The highest BCUT2D eigenvalue weighted by atomic mass is 32.2. The molecule has 0 spiro atoms. The van der Waals surface area contributed by atoms with Gasteiger partial charge in [0, 0.05) is 11.6 Å². The van der Waals surface area contributed by atoms with Gasteiger partial charge < -0.3 is 0 Å². The van der Waals surface area contributed by atoms with Crippen LogP contribution in [-0.4, -0.2) is 12.4 Å². The Kier molecular flexibility index (Phi) is 3.62. The quantitative estimate of drug-likeness (QED) is 0.726. The summed E-state index contributed by atoms with van der Waals surface area (Å²) in [6, 6.07) is 14.5. The lowest BCUT2D eigenvalue weighted by molar-refractivity contribution is 0.589. The maximum Gasteiger partial charge on any atom is 0.268 e. The van der Waals surface area contributed by atoms with Crippen LogP contribution in [0.4, 0.5) is 0 Å². The molecule has 0 radical (unpaired) electrons. The van der Waals surface area contributed by atoms with Crippen molar-refractivity contribution in [2.45, 2.75) is 18.7 Å². The van der Waals surface area contributed by atoms with Crippen LogP contribution in [0, 0.1) is 6.92 Å². The summed E-state index contributed by atoms with van der Waals surface area (Å²) in [5, 5.41) is 0.909. The molecule has 112 valence electrons. The van der Waals surface area contributed by atoms with Crippen molar-refractivity contribution >= 4 is 27.0 Å². The molecule has 0 unspecified atom stereocenters. The van der Waals surface area contributed by atoms with Gasteiger partial charge in [-0.25, -0.2) is 12.4 Å². The molecule has 0 amide bonds. The van der Waals surface area contributed by atoms with Gasteiger partial charge in [0.1, 0.15) is 0 Å². The number of nitrogens with zero attached hydrogens (tertiary/aromatic N) is 1. The minimum absolute atomic E-state index is 0.299. The molecule has 0 bridgehead atoms. The number of fused-ring (bicyclic) bond motifs is 1. The molecule has 0 N–H and O–H groups in total. The molecule has 22 heavy (non-hydrogen) atoms. The Morgan fingerprint density at radius 3 is 2.41 bits per heavy atom. The maximum atomic E-state index is 12.8. The number of allylic oxidation sites excluding steroid dienone is 1. The van der Waals surface area contributed by atoms with Crippen molar-refractivity contribution in [1.29, 1.82) is 0 Å². The third-order valence-electron chi connectivity index (χ3n) is 3.62. The van der Waals surface area contributed by atoms with Crippen LogP contribution >= 0.6 is 0 Å².